The molecule has 0 radical (unpaired) electrons. The third-order valence-corrected chi connectivity index (χ3v) is 8.29. The summed E-state index contributed by atoms with van der Waals surface area (Å²) in [5.41, 5.74) is 5.90. The molecule has 0 bridgehead atoms. The molecule has 0 N–H and O–H groups in total. The molecular weight excluding hydrogens is 514 g/mol. The van der Waals surface area contributed by atoms with Gasteiger partial charge in [-0.2, -0.15) is 0 Å². The van der Waals surface area contributed by atoms with Crippen molar-refractivity contribution in [2.45, 2.75) is 63.9 Å². The van der Waals surface area contributed by atoms with Gasteiger partial charge in [0, 0.05) is 30.4 Å². The molecule has 6 nitrogen and oxygen atoms in total. The number of carbonyl (C=O) groups is 2. The first-order valence-corrected chi connectivity index (χ1v) is 14.6. The topological polar surface area (TPSA) is 65.1 Å². The van der Waals surface area contributed by atoms with Gasteiger partial charge in [-0.1, -0.05) is 72.5 Å². The number of nitrogens with zero attached hydrogens (tertiary/aromatic N) is 1. The van der Waals surface area contributed by atoms with E-state index < -0.39 is 12.3 Å². The molecule has 0 spiro atoms. The van der Waals surface area contributed by atoms with Crippen molar-refractivity contribution in [2.24, 2.45) is 5.92 Å². The van der Waals surface area contributed by atoms with E-state index in [1.54, 1.807) is 11.0 Å². The fourth-order valence-electron chi connectivity index (χ4n) is 5.97. The fraction of sp³-hybridized carbons (Fsp3) is 0.371. The summed E-state index contributed by atoms with van der Waals surface area (Å²) in [6.45, 7) is 4.63. The Balaban J connectivity index is 1.07. The third kappa shape index (κ3) is 5.73. The van der Waals surface area contributed by atoms with E-state index in [0.717, 1.165) is 12.8 Å². The third-order valence-electron chi connectivity index (χ3n) is 8.29. The van der Waals surface area contributed by atoms with Gasteiger partial charge < -0.3 is 19.1 Å². The lowest BCUT2D eigenvalue weighted by atomic mass is 9.98. The minimum atomic E-state index is -0.681. The average molecular weight is 550 g/mol. The van der Waals surface area contributed by atoms with E-state index in [-0.39, 0.29) is 30.8 Å². The van der Waals surface area contributed by atoms with Gasteiger partial charge in [-0.25, -0.2) is 9.59 Å². The van der Waals surface area contributed by atoms with Crippen LogP contribution < -0.4 is 0 Å². The van der Waals surface area contributed by atoms with Gasteiger partial charge in [0.25, 0.3) is 0 Å². The summed E-state index contributed by atoms with van der Waals surface area (Å²) in [6, 6.07) is 23.7. The number of amides is 1. The maximum atomic E-state index is 13.3. The Bertz CT molecular complexity index is 1450. The molecule has 1 aliphatic heterocycles. The van der Waals surface area contributed by atoms with Crippen LogP contribution in [0, 0.1) is 17.8 Å². The highest BCUT2D eigenvalue weighted by Gasteiger charge is 2.37. The second-order valence-electron chi connectivity index (χ2n) is 11.0. The molecule has 3 atom stereocenters. The minimum Gasteiger partial charge on any atom is -0.448 e. The summed E-state index contributed by atoms with van der Waals surface area (Å²) in [5, 5.41) is 0. The van der Waals surface area contributed by atoms with Crippen LogP contribution in [-0.2, 0) is 14.2 Å². The number of fused-ring (bicyclic) bond motifs is 3. The quantitative estimate of drug-likeness (QED) is 0.251. The van der Waals surface area contributed by atoms with Gasteiger partial charge in [-0.3, -0.25) is 0 Å². The molecule has 1 amide bonds. The molecular formula is C35H35NO5. The van der Waals surface area contributed by atoms with Gasteiger partial charge in [-0.05, 0) is 67.5 Å². The summed E-state index contributed by atoms with van der Waals surface area (Å²) >= 11 is 0. The van der Waals surface area contributed by atoms with Crippen LogP contribution >= 0.6 is 0 Å². The molecule has 6 rings (SSSR count). The highest BCUT2D eigenvalue weighted by Crippen LogP contribution is 2.44. The summed E-state index contributed by atoms with van der Waals surface area (Å²) < 4.78 is 17.8. The Hall–Kier alpha value is -4.08. The maximum absolute atomic E-state index is 13.3. The Morgan fingerprint density at radius 1 is 0.902 bits per heavy atom. The highest BCUT2D eigenvalue weighted by molar-refractivity contribution is 5.92. The number of likely N-dealkylation sites (N-methyl/N-ethyl adjacent to an activating group) is 1. The molecule has 6 heteroatoms. The first kappa shape index (κ1) is 27.1. The van der Waals surface area contributed by atoms with Crippen molar-refractivity contribution in [3.8, 4) is 23.0 Å². The second kappa shape index (κ2) is 11.8. The number of ether oxygens (including phenoxy) is 3. The van der Waals surface area contributed by atoms with Crippen molar-refractivity contribution in [3.05, 3.63) is 95.1 Å². The average Bonchev–Trinajstić information content (AvgIpc) is 3.77. The monoisotopic (exact) mass is 549 g/mol. The van der Waals surface area contributed by atoms with Crippen molar-refractivity contribution in [3.63, 3.8) is 0 Å². The van der Waals surface area contributed by atoms with Crippen LogP contribution in [0.15, 0.2) is 72.8 Å². The van der Waals surface area contributed by atoms with Crippen LogP contribution in [0.4, 0.5) is 4.79 Å². The normalized spacial score (nSPS) is 21.2. The Morgan fingerprint density at radius 2 is 1.56 bits per heavy atom. The van der Waals surface area contributed by atoms with Crippen LogP contribution in [0.1, 0.15) is 72.5 Å². The molecule has 1 saturated heterocycles. The smallest absolute Gasteiger partial charge is 0.410 e. The first-order valence-electron chi connectivity index (χ1n) is 14.6. The van der Waals surface area contributed by atoms with Crippen molar-refractivity contribution in [2.75, 3.05) is 13.2 Å². The zero-order valence-electron chi connectivity index (χ0n) is 23.5. The van der Waals surface area contributed by atoms with Crippen LogP contribution in [0.5, 0.6) is 0 Å². The van der Waals surface area contributed by atoms with Crippen molar-refractivity contribution in [1.82, 2.24) is 4.90 Å². The van der Waals surface area contributed by atoms with Gasteiger partial charge in [0.15, 0.2) is 0 Å². The van der Waals surface area contributed by atoms with E-state index in [1.165, 1.54) is 22.3 Å². The van der Waals surface area contributed by atoms with Crippen LogP contribution in [0.2, 0.25) is 0 Å². The minimum absolute atomic E-state index is 0.00530. The summed E-state index contributed by atoms with van der Waals surface area (Å²) in [4.78, 5) is 28.1. The van der Waals surface area contributed by atoms with Crippen molar-refractivity contribution >= 4 is 12.1 Å². The number of rotatable bonds is 6. The Morgan fingerprint density at radius 3 is 2.22 bits per heavy atom. The predicted molar refractivity (Wildman–Crippen MR) is 156 cm³/mol. The van der Waals surface area contributed by atoms with Gasteiger partial charge in [0.05, 0.1) is 17.7 Å². The molecule has 3 aliphatic rings. The zero-order valence-corrected chi connectivity index (χ0v) is 23.5. The van der Waals surface area contributed by atoms with Crippen LogP contribution in [0.25, 0.3) is 11.1 Å². The largest absolute Gasteiger partial charge is 0.448 e. The maximum Gasteiger partial charge on any atom is 0.410 e. The SMILES string of the molecule is CCN(C(=O)OCC1c2ccccc2-c2ccccc21)[C@@H]1CCC(OC(=O)c2ccccc2C#CC2CC2)O[C@H]1C. The van der Waals surface area contributed by atoms with E-state index in [9.17, 15) is 9.59 Å². The van der Waals surface area contributed by atoms with Gasteiger partial charge in [0.2, 0.25) is 6.29 Å². The summed E-state index contributed by atoms with van der Waals surface area (Å²) in [7, 11) is 0. The second-order valence-corrected chi connectivity index (χ2v) is 11.0. The van der Waals surface area contributed by atoms with Crippen molar-refractivity contribution < 1.29 is 23.8 Å². The molecule has 41 heavy (non-hydrogen) atoms. The zero-order chi connectivity index (χ0) is 28.3. The number of hydrogen-bond acceptors (Lipinski definition) is 5. The lowest BCUT2D eigenvalue weighted by molar-refractivity contribution is -0.180. The lowest BCUT2D eigenvalue weighted by Gasteiger charge is -2.39. The Kier molecular flexibility index (Phi) is 7.80. The molecule has 2 aliphatic carbocycles. The molecule has 2 fully saturated rings. The van der Waals surface area contributed by atoms with E-state index in [0.29, 0.717) is 36.4 Å². The Labute approximate surface area is 241 Å². The number of esters is 1. The van der Waals surface area contributed by atoms with E-state index in [4.69, 9.17) is 14.2 Å². The molecule has 3 aromatic carbocycles. The summed E-state index contributed by atoms with van der Waals surface area (Å²) in [6.07, 6.45) is 2.02. The molecule has 1 unspecified atom stereocenters. The van der Waals surface area contributed by atoms with Crippen LogP contribution in [-0.4, -0.2) is 48.5 Å². The first-order chi connectivity index (χ1) is 20.0. The fourth-order valence-corrected chi connectivity index (χ4v) is 5.97. The molecule has 1 saturated carbocycles. The lowest BCUT2D eigenvalue weighted by Crippen LogP contribution is -2.51. The number of benzene rings is 3. The summed E-state index contributed by atoms with van der Waals surface area (Å²) in [5.74, 6) is 6.36. The van der Waals surface area contributed by atoms with Crippen LogP contribution in [0.3, 0.4) is 0 Å². The molecule has 0 aromatic heterocycles. The number of carbonyl (C=O) groups excluding carboxylic acids is 2. The van der Waals surface area contributed by atoms with E-state index >= 15 is 0 Å². The standard InChI is InChI=1S/C35H35NO5/c1-3-36(35(38)39-22-31-29-14-8-6-12-27(29)28-13-7-9-15-30(28)31)32-20-21-33(40-23(32)2)41-34(37)26-11-5-4-10-25(26)19-18-24-16-17-24/h4-15,23-24,31-33H,3,16-17,20-22H2,1-2H3/t23-,32+,33?/m0/s1. The van der Waals surface area contributed by atoms with Gasteiger partial charge in [-0.15, -0.1) is 0 Å². The molecule has 1 heterocycles. The van der Waals surface area contributed by atoms with E-state index in [2.05, 4.69) is 36.1 Å². The van der Waals surface area contributed by atoms with Crippen molar-refractivity contribution in [1.29, 1.82) is 0 Å². The molecule has 210 valence electrons. The number of hydrogen-bond donors (Lipinski definition) is 0. The van der Waals surface area contributed by atoms with E-state index in [1.807, 2.05) is 56.3 Å². The van der Waals surface area contributed by atoms with Gasteiger partial charge in [0.1, 0.15) is 6.61 Å². The predicted octanol–water partition coefficient (Wildman–Crippen LogP) is 6.77. The van der Waals surface area contributed by atoms with Gasteiger partial charge >= 0.3 is 12.1 Å². The molecule has 3 aromatic rings. The highest BCUT2D eigenvalue weighted by atomic mass is 16.7.